The molecule has 0 atom stereocenters. The third kappa shape index (κ3) is 3.25. The van der Waals surface area contributed by atoms with Crippen LogP contribution in [0, 0.1) is 6.92 Å². The van der Waals surface area contributed by atoms with E-state index < -0.39 is 0 Å². The van der Waals surface area contributed by atoms with Crippen LogP contribution in [0.3, 0.4) is 0 Å². The van der Waals surface area contributed by atoms with Crippen LogP contribution < -0.4 is 16.4 Å². The predicted molar refractivity (Wildman–Crippen MR) is 62.1 cm³/mol. The number of aryl methyl sites for hydroxylation is 1. The van der Waals surface area contributed by atoms with Crippen molar-refractivity contribution >= 4 is 11.6 Å². The molecule has 0 fully saturated rings. The van der Waals surface area contributed by atoms with Crippen molar-refractivity contribution in [3.63, 3.8) is 0 Å². The third-order valence-electron chi connectivity index (χ3n) is 2.20. The maximum absolute atomic E-state index is 11.0. The highest BCUT2D eigenvalue weighted by molar-refractivity contribution is 5.94. The van der Waals surface area contributed by atoms with Crippen LogP contribution in [0.2, 0.25) is 0 Å². The van der Waals surface area contributed by atoms with Crippen LogP contribution in [-0.4, -0.2) is 26.0 Å². The van der Waals surface area contributed by atoms with Gasteiger partial charge in [-0.15, -0.1) is 0 Å². The van der Waals surface area contributed by atoms with Gasteiger partial charge in [0.1, 0.15) is 0 Å². The van der Waals surface area contributed by atoms with E-state index in [4.69, 9.17) is 5.73 Å². The molecule has 82 valence electrons. The largest absolute Gasteiger partial charge is 0.384 e. The minimum atomic E-state index is -0.380. The Morgan fingerprint density at radius 2 is 2.13 bits per heavy atom. The van der Waals surface area contributed by atoms with Crippen molar-refractivity contribution in [2.24, 2.45) is 5.73 Å². The van der Waals surface area contributed by atoms with E-state index in [-0.39, 0.29) is 5.91 Å². The average molecular weight is 207 g/mol. The van der Waals surface area contributed by atoms with Crippen LogP contribution in [0.5, 0.6) is 0 Å². The van der Waals surface area contributed by atoms with E-state index in [0.29, 0.717) is 5.56 Å². The molecule has 4 heteroatoms. The molecule has 0 saturated heterocycles. The summed E-state index contributed by atoms with van der Waals surface area (Å²) in [6.45, 7) is 3.63. The summed E-state index contributed by atoms with van der Waals surface area (Å²) in [7, 11) is 1.91. The zero-order valence-electron chi connectivity index (χ0n) is 9.13. The summed E-state index contributed by atoms with van der Waals surface area (Å²) in [4.78, 5) is 11.0. The number of benzene rings is 1. The highest BCUT2D eigenvalue weighted by Gasteiger charge is 2.04. The Bertz CT molecular complexity index is 350. The number of likely N-dealkylation sites (N-methyl/N-ethyl adjacent to an activating group) is 1. The van der Waals surface area contributed by atoms with Gasteiger partial charge in [0.05, 0.1) is 0 Å². The number of carbonyl (C=O) groups excluding carboxylic acids is 1. The first kappa shape index (κ1) is 11.5. The number of carbonyl (C=O) groups is 1. The monoisotopic (exact) mass is 207 g/mol. The van der Waals surface area contributed by atoms with Gasteiger partial charge in [0, 0.05) is 24.3 Å². The molecule has 0 heterocycles. The van der Waals surface area contributed by atoms with E-state index >= 15 is 0 Å². The molecule has 1 rings (SSSR count). The zero-order valence-corrected chi connectivity index (χ0v) is 9.13. The fourth-order valence-corrected chi connectivity index (χ4v) is 1.38. The summed E-state index contributed by atoms with van der Waals surface area (Å²) < 4.78 is 0. The van der Waals surface area contributed by atoms with Crippen molar-refractivity contribution in [2.75, 3.05) is 25.5 Å². The highest BCUT2D eigenvalue weighted by atomic mass is 16.1. The molecule has 4 nitrogen and oxygen atoms in total. The molecule has 0 aliphatic rings. The minimum Gasteiger partial charge on any atom is -0.384 e. The second kappa shape index (κ2) is 5.36. The standard InChI is InChI=1S/C11H17N3O/c1-8-7-9(14-6-5-13-2)3-4-10(8)11(12)15/h3-4,7,13-14H,5-6H2,1-2H3,(H2,12,15). The number of primary amides is 1. The molecule has 0 aliphatic heterocycles. The molecule has 1 aromatic rings. The summed E-state index contributed by atoms with van der Waals surface area (Å²) in [5, 5.41) is 6.28. The number of rotatable bonds is 5. The molecule has 0 unspecified atom stereocenters. The van der Waals surface area contributed by atoms with Crippen LogP contribution >= 0.6 is 0 Å². The van der Waals surface area contributed by atoms with Gasteiger partial charge in [-0.2, -0.15) is 0 Å². The molecule has 0 bridgehead atoms. The summed E-state index contributed by atoms with van der Waals surface area (Å²) in [6.07, 6.45) is 0. The molecule has 0 aromatic heterocycles. The van der Waals surface area contributed by atoms with E-state index in [1.807, 2.05) is 26.1 Å². The van der Waals surface area contributed by atoms with E-state index in [9.17, 15) is 4.79 Å². The first-order valence-corrected chi connectivity index (χ1v) is 4.94. The van der Waals surface area contributed by atoms with Gasteiger partial charge in [0.2, 0.25) is 5.91 Å². The van der Waals surface area contributed by atoms with Crippen molar-refractivity contribution < 1.29 is 4.79 Å². The van der Waals surface area contributed by atoms with E-state index in [0.717, 1.165) is 24.3 Å². The Balaban J connectivity index is 2.69. The average Bonchev–Trinajstić information content (AvgIpc) is 2.17. The quantitative estimate of drug-likeness (QED) is 0.623. The van der Waals surface area contributed by atoms with Gasteiger partial charge in [-0.1, -0.05) is 0 Å². The topological polar surface area (TPSA) is 67.2 Å². The Morgan fingerprint density at radius 1 is 1.40 bits per heavy atom. The SMILES string of the molecule is CNCCNc1ccc(C(N)=O)c(C)c1. The number of nitrogens with one attached hydrogen (secondary N) is 2. The molecule has 1 amide bonds. The molecule has 1 aromatic carbocycles. The summed E-state index contributed by atoms with van der Waals surface area (Å²) in [5.41, 5.74) is 7.70. The second-order valence-electron chi connectivity index (χ2n) is 3.42. The van der Waals surface area contributed by atoms with Gasteiger partial charge in [0.25, 0.3) is 0 Å². The van der Waals surface area contributed by atoms with Gasteiger partial charge < -0.3 is 16.4 Å². The molecule has 0 spiro atoms. The van der Waals surface area contributed by atoms with Crippen molar-refractivity contribution in [1.29, 1.82) is 0 Å². The molecular weight excluding hydrogens is 190 g/mol. The van der Waals surface area contributed by atoms with Crippen molar-refractivity contribution in [1.82, 2.24) is 5.32 Å². The van der Waals surface area contributed by atoms with Crippen molar-refractivity contribution in [2.45, 2.75) is 6.92 Å². The Morgan fingerprint density at radius 3 is 2.67 bits per heavy atom. The second-order valence-corrected chi connectivity index (χ2v) is 3.42. The number of amides is 1. The zero-order chi connectivity index (χ0) is 11.3. The van der Waals surface area contributed by atoms with E-state index in [2.05, 4.69) is 10.6 Å². The molecule has 0 aliphatic carbocycles. The van der Waals surface area contributed by atoms with Gasteiger partial charge in [0.15, 0.2) is 0 Å². The Labute approximate surface area is 89.9 Å². The maximum atomic E-state index is 11.0. The van der Waals surface area contributed by atoms with Gasteiger partial charge in [-0.05, 0) is 37.7 Å². The molecule has 0 saturated carbocycles. The Hall–Kier alpha value is -1.55. The van der Waals surface area contributed by atoms with Crippen molar-refractivity contribution in [3.8, 4) is 0 Å². The highest BCUT2D eigenvalue weighted by Crippen LogP contribution is 2.14. The normalized spacial score (nSPS) is 10.0. The molecule has 15 heavy (non-hydrogen) atoms. The fourth-order valence-electron chi connectivity index (χ4n) is 1.38. The van der Waals surface area contributed by atoms with Crippen LogP contribution in [0.1, 0.15) is 15.9 Å². The van der Waals surface area contributed by atoms with Gasteiger partial charge >= 0.3 is 0 Å². The van der Waals surface area contributed by atoms with Gasteiger partial charge in [-0.25, -0.2) is 0 Å². The fraction of sp³-hybridized carbons (Fsp3) is 0.364. The molecule has 0 radical (unpaired) electrons. The smallest absolute Gasteiger partial charge is 0.248 e. The lowest BCUT2D eigenvalue weighted by molar-refractivity contribution is 0.1000. The lowest BCUT2D eigenvalue weighted by Crippen LogP contribution is -2.18. The number of anilines is 1. The van der Waals surface area contributed by atoms with Crippen LogP contribution in [0.4, 0.5) is 5.69 Å². The van der Waals surface area contributed by atoms with E-state index in [1.165, 1.54) is 0 Å². The Kier molecular flexibility index (Phi) is 4.12. The number of hydrogen-bond donors (Lipinski definition) is 3. The lowest BCUT2D eigenvalue weighted by atomic mass is 10.1. The summed E-state index contributed by atoms with van der Waals surface area (Å²) in [5.74, 6) is -0.380. The lowest BCUT2D eigenvalue weighted by Gasteiger charge is -2.08. The molecular formula is C11H17N3O. The summed E-state index contributed by atoms with van der Waals surface area (Å²) >= 11 is 0. The number of nitrogens with two attached hydrogens (primary N) is 1. The first-order valence-electron chi connectivity index (χ1n) is 4.94. The van der Waals surface area contributed by atoms with Crippen LogP contribution in [0.25, 0.3) is 0 Å². The van der Waals surface area contributed by atoms with Crippen LogP contribution in [-0.2, 0) is 0 Å². The third-order valence-corrected chi connectivity index (χ3v) is 2.20. The van der Waals surface area contributed by atoms with Gasteiger partial charge in [-0.3, -0.25) is 4.79 Å². The van der Waals surface area contributed by atoms with E-state index in [1.54, 1.807) is 6.07 Å². The predicted octanol–water partition coefficient (Wildman–Crippen LogP) is 0.725. The minimum absolute atomic E-state index is 0.380. The van der Waals surface area contributed by atoms with Crippen molar-refractivity contribution in [3.05, 3.63) is 29.3 Å². The maximum Gasteiger partial charge on any atom is 0.248 e. The summed E-state index contributed by atoms with van der Waals surface area (Å²) in [6, 6.07) is 5.54. The molecule has 4 N–H and O–H groups in total. The number of hydrogen-bond acceptors (Lipinski definition) is 3. The first-order chi connectivity index (χ1) is 7.15. The van der Waals surface area contributed by atoms with Crippen LogP contribution in [0.15, 0.2) is 18.2 Å².